The molecule has 0 fully saturated rings. The van der Waals surface area contributed by atoms with Gasteiger partial charge in [0.05, 0.1) is 0 Å². The van der Waals surface area contributed by atoms with Crippen molar-refractivity contribution in [3.05, 3.63) is 84.1 Å². The number of rotatable bonds is 5. The largest absolute Gasteiger partial charge is 0.386 e. The quantitative estimate of drug-likeness (QED) is 0.834. The summed E-state index contributed by atoms with van der Waals surface area (Å²) in [6.45, 7) is 8.51. The lowest BCUT2D eigenvalue weighted by Gasteiger charge is -2.23. The van der Waals surface area contributed by atoms with Gasteiger partial charge in [0.15, 0.2) is 0 Å². The first-order chi connectivity index (χ1) is 9.18. The van der Waals surface area contributed by atoms with Crippen molar-refractivity contribution in [1.29, 1.82) is 0 Å². The lowest BCUT2D eigenvalue weighted by Crippen LogP contribution is -2.25. The molecule has 0 heterocycles. The highest BCUT2D eigenvalue weighted by Gasteiger charge is 2.17. The predicted octanol–water partition coefficient (Wildman–Crippen LogP) is 4.33. The molecule has 1 heteroatoms. The summed E-state index contributed by atoms with van der Waals surface area (Å²) in [5, 5.41) is 3.45. The molecule has 0 aliphatic carbocycles. The molecule has 0 saturated carbocycles. The average Bonchev–Trinajstić information content (AvgIpc) is 2.40. The average molecular weight is 251 g/mol. The van der Waals surface area contributed by atoms with Gasteiger partial charge < -0.3 is 5.32 Å². The van der Waals surface area contributed by atoms with E-state index in [1.165, 1.54) is 11.1 Å². The second-order valence-corrected chi connectivity index (χ2v) is 5.08. The fourth-order valence-electron chi connectivity index (χ4n) is 2.34. The highest BCUT2D eigenvalue weighted by molar-refractivity contribution is 5.39. The minimum absolute atomic E-state index is 0.199. The van der Waals surface area contributed by atoms with Gasteiger partial charge in [-0.05, 0) is 25.0 Å². The molecule has 0 bridgehead atoms. The molecule has 0 radical (unpaired) electrons. The van der Waals surface area contributed by atoms with Gasteiger partial charge in [0, 0.05) is 17.7 Å². The van der Waals surface area contributed by atoms with Crippen molar-refractivity contribution in [1.82, 2.24) is 5.32 Å². The molecule has 0 spiro atoms. The Bertz CT molecular complexity index is 474. The Morgan fingerprint density at radius 3 is 1.63 bits per heavy atom. The molecule has 0 atom stereocenters. The van der Waals surface area contributed by atoms with Gasteiger partial charge in [0.1, 0.15) is 0 Å². The van der Waals surface area contributed by atoms with Crippen molar-refractivity contribution in [2.75, 3.05) is 0 Å². The van der Waals surface area contributed by atoms with Crippen LogP contribution in [0.25, 0.3) is 0 Å². The zero-order chi connectivity index (χ0) is 13.7. The molecule has 0 aromatic heterocycles. The summed E-state index contributed by atoms with van der Waals surface area (Å²) >= 11 is 0. The second-order valence-electron chi connectivity index (χ2n) is 5.08. The fourth-order valence-corrected chi connectivity index (χ4v) is 2.34. The van der Waals surface area contributed by atoms with Crippen LogP contribution in [0.15, 0.2) is 72.9 Å². The van der Waals surface area contributed by atoms with Crippen LogP contribution in [-0.4, -0.2) is 6.04 Å². The van der Waals surface area contributed by atoms with Crippen LogP contribution in [0.1, 0.15) is 30.9 Å². The van der Waals surface area contributed by atoms with Crippen molar-refractivity contribution in [3.8, 4) is 0 Å². The minimum Gasteiger partial charge on any atom is -0.386 e. The molecular formula is C18H21N. The molecule has 0 aliphatic heterocycles. The number of allylic oxidation sites excluding steroid dienone is 1. The Balaban J connectivity index is 2.37. The van der Waals surface area contributed by atoms with Crippen molar-refractivity contribution < 1.29 is 0 Å². The van der Waals surface area contributed by atoms with E-state index in [-0.39, 0.29) is 5.92 Å². The summed E-state index contributed by atoms with van der Waals surface area (Å²) < 4.78 is 0. The summed E-state index contributed by atoms with van der Waals surface area (Å²) in [6, 6.07) is 21.4. The summed E-state index contributed by atoms with van der Waals surface area (Å²) in [5.74, 6) is 0.199. The van der Waals surface area contributed by atoms with E-state index in [2.05, 4.69) is 74.3 Å². The van der Waals surface area contributed by atoms with Crippen LogP contribution in [0.5, 0.6) is 0 Å². The molecule has 1 N–H and O–H groups in total. The molecule has 0 unspecified atom stereocenters. The molecular weight excluding hydrogens is 230 g/mol. The van der Waals surface area contributed by atoms with Crippen LogP contribution in [0.3, 0.4) is 0 Å². The number of hydrogen-bond donors (Lipinski definition) is 1. The van der Waals surface area contributed by atoms with E-state index in [4.69, 9.17) is 0 Å². The van der Waals surface area contributed by atoms with E-state index in [1.807, 2.05) is 12.1 Å². The predicted molar refractivity (Wildman–Crippen MR) is 82.1 cm³/mol. The molecule has 98 valence electrons. The van der Waals surface area contributed by atoms with Crippen LogP contribution < -0.4 is 5.32 Å². The summed E-state index contributed by atoms with van der Waals surface area (Å²) in [4.78, 5) is 0. The van der Waals surface area contributed by atoms with Crippen LogP contribution in [-0.2, 0) is 0 Å². The van der Waals surface area contributed by atoms with Crippen molar-refractivity contribution >= 4 is 0 Å². The zero-order valence-electron chi connectivity index (χ0n) is 11.6. The normalized spacial score (nSPS) is 10.7. The van der Waals surface area contributed by atoms with E-state index in [9.17, 15) is 0 Å². The van der Waals surface area contributed by atoms with Crippen molar-refractivity contribution in [2.45, 2.75) is 25.8 Å². The maximum atomic E-state index is 4.24. The van der Waals surface area contributed by atoms with E-state index >= 15 is 0 Å². The molecule has 1 nitrogen and oxygen atoms in total. The zero-order valence-corrected chi connectivity index (χ0v) is 11.6. The van der Waals surface area contributed by atoms with Gasteiger partial charge in [-0.1, -0.05) is 67.2 Å². The Hall–Kier alpha value is -2.02. The first-order valence-corrected chi connectivity index (χ1v) is 6.73. The van der Waals surface area contributed by atoms with Crippen molar-refractivity contribution in [2.24, 2.45) is 0 Å². The SMILES string of the molecule is C=C(NC(C)C)C(c1ccccc1)c1ccccc1. The highest BCUT2D eigenvalue weighted by Crippen LogP contribution is 2.29. The number of hydrogen-bond acceptors (Lipinski definition) is 1. The Labute approximate surface area is 116 Å². The van der Waals surface area contributed by atoms with Crippen LogP contribution in [0.2, 0.25) is 0 Å². The summed E-state index contributed by atoms with van der Waals surface area (Å²) in [5.41, 5.74) is 3.59. The molecule has 0 amide bonds. The third-order valence-corrected chi connectivity index (χ3v) is 3.09. The lowest BCUT2D eigenvalue weighted by molar-refractivity contribution is 0.637. The third kappa shape index (κ3) is 3.47. The molecule has 2 aromatic rings. The lowest BCUT2D eigenvalue weighted by atomic mass is 9.88. The maximum absolute atomic E-state index is 4.24. The Kier molecular flexibility index (Phi) is 4.40. The Morgan fingerprint density at radius 1 is 0.842 bits per heavy atom. The number of nitrogens with one attached hydrogen (secondary N) is 1. The van der Waals surface area contributed by atoms with Gasteiger partial charge in [0.25, 0.3) is 0 Å². The molecule has 2 rings (SSSR count). The monoisotopic (exact) mass is 251 g/mol. The van der Waals surface area contributed by atoms with Gasteiger partial charge in [-0.15, -0.1) is 0 Å². The Morgan fingerprint density at radius 2 is 1.26 bits per heavy atom. The standard InChI is InChI=1S/C18H21N/c1-14(2)19-15(3)18(16-10-6-4-7-11-16)17-12-8-5-9-13-17/h4-14,18-19H,3H2,1-2H3. The third-order valence-electron chi connectivity index (χ3n) is 3.09. The second kappa shape index (κ2) is 6.24. The first-order valence-electron chi connectivity index (χ1n) is 6.73. The maximum Gasteiger partial charge on any atom is 0.0481 e. The van der Waals surface area contributed by atoms with Crippen LogP contribution >= 0.6 is 0 Å². The van der Waals surface area contributed by atoms with Gasteiger partial charge in [-0.25, -0.2) is 0 Å². The molecule has 2 aromatic carbocycles. The topological polar surface area (TPSA) is 12.0 Å². The summed E-state index contributed by atoms with van der Waals surface area (Å²) in [7, 11) is 0. The van der Waals surface area contributed by atoms with Gasteiger partial charge in [-0.3, -0.25) is 0 Å². The molecule has 0 aliphatic rings. The van der Waals surface area contributed by atoms with E-state index in [0.29, 0.717) is 6.04 Å². The highest BCUT2D eigenvalue weighted by atomic mass is 14.9. The fraction of sp³-hybridized carbons (Fsp3) is 0.222. The molecule has 0 saturated heterocycles. The van der Waals surface area contributed by atoms with E-state index in [1.54, 1.807) is 0 Å². The van der Waals surface area contributed by atoms with E-state index in [0.717, 1.165) is 5.70 Å². The van der Waals surface area contributed by atoms with Gasteiger partial charge in [-0.2, -0.15) is 0 Å². The first kappa shape index (κ1) is 13.4. The van der Waals surface area contributed by atoms with Gasteiger partial charge >= 0.3 is 0 Å². The van der Waals surface area contributed by atoms with Gasteiger partial charge in [0.2, 0.25) is 0 Å². The van der Waals surface area contributed by atoms with Crippen LogP contribution in [0, 0.1) is 0 Å². The summed E-state index contributed by atoms with van der Waals surface area (Å²) in [6.07, 6.45) is 0. The molecule has 19 heavy (non-hydrogen) atoms. The van der Waals surface area contributed by atoms with E-state index < -0.39 is 0 Å². The minimum atomic E-state index is 0.199. The van der Waals surface area contributed by atoms with Crippen LogP contribution in [0.4, 0.5) is 0 Å². The smallest absolute Gasteiger partial charge is 0.0481 e. The van der Waals surface area contributed by atoms with Crippen molar-refractivity contribution in [3.63, 3.8) is 0 Å². The number of benzene rings is 2.